The van der Waals surface area contributed by atoms with Gasteiger partial charge in [0.2, 0.25) is 5.95 Å². The van der Waals surface area contributed by atoms with Gasteiger partial charge in [0.15, 0.2) is 0 Å². The highest BCUT2D eigenvalue weighted by molar-refractivity contribution is 5.95. The van der Waals surface area contributed by atoms with Crippen molar-refractivity contribution in [3.8, 4) is 11.5 Å². The summed E-state index contributed by atoms with van der Waals surface area (Å²) in [6.07, 6.45) is 3.56. The standard InChI is InChI=1S/C24H25N5O2/c30-23(19-7-9-22(10-8-19)31-21-5-2-1-3-6-21)29-17-20(18-29)27-13-15-28(16-14-27)24-25-11-4-12-26-24/h1-12,20H,13-18H2. The van der Waals surface area contributed by atoms with Gasteiger partial charge in [-0.05, 0) is 42.5 Å². The summed E-state index contributed by atoms with van der Waals surface area (Å²) in [6.45, 7) is 5.33. The maximum absolute atomic E-state index is 12.8. The lowest BCUT2D eigenvalue weighted by atomic mass is 10.0. The van der Waals surface area contributed by atoms with E-state index in [-0.39, 0.29) is 5.91 Å². The second-order valence-electron chi connectivity index (χ2n) is 7.88. The molecule has 1 amide bonds. The van der Waals surface area contributed by atoms with Gasteiger partial charge in [0, 0.05) is 63.3 Å². The molecule has 0 unspecified atom stereocenters. The summed E-state index contributed by atoms with van der Waals surface area (Å²) in [5.41, 5.74) is 0.699. The fourth-order valence-electron chi connectivity index (χ4n) is 4.07. The molecular formula is C24H25N5O2. The van der Waals surface area contributed by atoms with E-state index in [1.54, 1.807) is 12.4 Å². The molecule has 5 rings (SSSR count). The number of benzene rings is 2. The minimum absolute atomic E-state index is 0.0823. The number of piperazine rings is 1. The molecule has 3 aromatic rings. The highest BCUT2D eigenvalue weighted by Gasteiger charge is 2.36. The first kappa shape index (κ1) is 19.5. The molecule has 1 aromatic heterocycles. The van der Waals surface area contributed by atoms with Crippen LogP contribution in [0.25, 0.3) is 0 Å². The number of anilines is 1. The van der Waals surface area contributed by atoms with Gasteiger partial charge in [-0.2, -0.15) is 0 Å². The van der Waals surface area contributed by atoms with E-state index in [0.717, 1.165) is 56.7 Å². The van der Waals surface area contributed by atoms with Crippen LogP contribution in [-0.2, 0) is 0 Å². The van der Waals surface area contributed by atoms with E-state index in [1.165, 1.54) is 0 Å². The van der Waals surface area contributed by atoms with Gasteiger partial charge in [-0.25, -0.2) is 9.97 Å². The first-order valence-electron chi connectivity index (χ1n) is 10.6. The summed E-state index contributed by atoms with van der Waals surface area (Å²) in [6, 6.07) is 19.3. The van der Waals surface area contributed by atoms with Crippen LogP contribution < -0.4 is 9.64 Å². The SMILES string of the molecule is O=C(c1ccc(Oc2ccccc2)cc1)N1CC(N2CCN(c3ncccn3)CC2)C1. The molecule has 0 spiro atoms. The molecule has 7 nitrogen and oxygen atoms in total. The number of aromatic nitrogens is 2. The summed E-state index contributed by atoms with van der Waals surface area (Å²) in [5.74, 6) is 2.39. The van der Waals surface area contributed by atoms with Gasteiger partial charge in [0.25, 0.3) is 5.91 Å². The summed E-state index contributed by atoms with van der Waals surface area (Å²) >= 11 is 0. The smallest absolute Gasteiger partial charge is 0.253 e. The number of hydrogen-bond donors (Lipinski definition) is 0. The molecule has 0 radical (unpaired) electrons. The minimum atomic E-state index is 0.0823. The maximum atomic E-state index is 12.8. The van der Waals surface area contributed by atoms with Crippen LogP contribution in [0.5, 0.6) is 11.5 Å². The normalized spacial score (nSPS) is 17.3. The van der Waals surface area contributed by atoms with Crippen LogP contribution in [0.2, 0.25) is 0 Å². The number of carbonyl (C=O) groups is 1. The van der Waals surface area contributed by atoms with E-state index < -0.39 is 0 Å². The first-order chi connectivity index (χ1) is 15.3. The molecule has 158 valence electrons. The van der Waals surface area contributed by atoms with E-state index >= 15 is 0 Å². The zero-order valence-electron chi connectivity index (χ0n) is 17.3. The number of rotatable bonds is 5. The molecule has 3 heterocycles. The van der Waals surface area contributed by atoms with E-state index in [0.29, 0.717) is 11.6 Å². The predicted octanol–water partition coefficient (Wildman–Crippen LogP) is 2.92. The van der Waals surface area contributed by atoms with Crippen LogP contribution in [0, 0.1) is 0 Å². The Balaban J connectivity index is 1.10. The predicted molar refractivity (Wildman–Crippen MR) is 118 cm³/mol. The zero-order chi connectivity index (χ0) is 21.0. The molecular weight excluding hydrogens is 390 g/mol. The fourth-order valence-corrected chi connectivity index (χ4v) is 4.07. The third-order valence-electron chi connectivity index (χ3n) is 5.90. The van der Waals surface area contributed by atoms with Gasteiger partial charge < -0.3 is 14.5 Å². The van der Waals surface area contributed by atoms with Crippen LogP contribution in [0.1, 0.15) is 10.4 Å². The average molecular weight is 415 g/mol. The third-order valence-corrected chi connectivity index (χ3v) is 5.90. The van der Waals surface area contributed by atoms with E-state index in [4.69, 9.17) is 4.74 Å². The number of ether oxygens (including phenoxy) is 1. The lowest BCUT2D eigenvalue weighted by Crippen LogP contribution is -2.64. The number of amides is 1. The van der Waals surface area contributed by atoms with Gasteiger partial charge in [-0.3, -0.25) is 9.69 Å². The number of carbonyl (C=O) groups excluding carboxylic acids is 1. The molecule has 2 fully saturated rings. The fraction of sp³-hybridized carbons (Fsp3) is 0.292. The van der Waals surface area contributed by atoms with Crippen LogP contribution in [0.4, 0.5) is 5.95 Å². The topological polar surface area (TPSA) is 61.8 Å². The molecule has 7 heteroatoms. The Bertz CT molecular complexity index is 999. The monoisotopic (exact) mass is 415 g/mol. The van der Waals surface area contributed by atoms with Gasteiger partial charge in [-0.15, -0.1) is 0 Å². The second kappa shape index (κ2) is 8.73. The highest BCUT2D eigenvalue weighted by Crippen LogP contribution is 2.24. The van der Waals surface area contributed by atoms with Crippen molar-refractivity contribution in [1.29, 1.82) is 0 Å². The molecule has 31 heavy (non-hydrogen) atoms. The molecule has 2 aliphatic heterocycles. The number of likely N-dealkylation sites (tertiary alicyclic amines) is 1. The van der Waals surface area contributed by atoms with Crippen molar-refractivity contribution in [2.24, 2.45) is 0 Å². The highest BCUT2D eigenvalue weighted by atomic mass is 16.5. The molecule has 2 aromatic carbocycles. The summed E-state index contributed by atoms with van der Waals surface area (Å²) in [4.78, 5) is 28.1. The van der Waals surface area contributed by atoms with Crippen LogP contribution in [0.15, 0.2) is 73.1 Å². The molecule has 0 atom stereocenters. The Morgan fingerprint density at radius 3 is 2.13 bits per heavy atom. The molecule has 0 bridgehead atoms. The lowest BCUT2D eigenvalue weighted by molar-refractivity contribution is 0.0246. The Morgan fingerprint density at radius 2 is 1.45 bits per heavy atom. The third kappa shape index (κ3) is 4.36. The quantitative estimate of drug-likeness (QED) is 0.639. The number of para-hydroxylation sites is 1. The minimum Gasteiger partial charge on any atom is -0.457 e. The van der Waals surface area contributed by atoms with E-state index in [1.807, 2.05) is 65.6 Å². The van der Waals surface area contributed by atoms with E-state index in [2.05, 4.69) is 19.8 Å². The largest absolute Gasteiger partial charge is 0.457 e. The van der Waals surface area contributed by atoms with Crippen LogP contribution in [-0.4, -0.2) is 71.0 Å². The molecule has 2 saturated heterocycles. The van der Waals surface area contributed by atoms with Gasteiger partial charge in [0.1, 0.15) is 11.5 Å². The summed E-state index contributed by atoms with van der Waals surface area (Å²) < 4.78 is 5.81. The van der Waals surface area contributed by atoms with E-state index in [9.17, 15) is 4.79 Å². The maximum Gasteiger partial charge on any atom is 0.253 e. The Kier molecular flexibility index (Phi) is 5.50. The summed E-state index contributed by atoms with van der Waals surface area (Å²) in [7, 11) is 0. The Hall–Kier alpha value is -3.45. The van der Waals surface area contributed by atoms with Crippen LogP contribution >= 0.6 is 0 Å². The lowest BCUT2D eigenvalue weighted by Gasteiger charge is -2.48. The number of nitrogens with zero attached hydrogens (tertiary/aromatic N) is 5. The van der Waals surface area contributed by atoms with Crippen molar-refractivity contribution < 1.29 is 9.53 Å². The molecule has 0 aliphatic carbocycles. The van der Waals surface area contributed by atoms with Crippen molar-refractivity contribution in [2.75, 3.05) is 44.2 Å². The average Bonchev–Trinajstić information content (AvgIpc) is 2.80. The Morgan fingerprint density at radius 1 is 0.806 bits per heavy atom. The first-order valence-corrected chi connectivity index (χ1v) is 10.6. The second-order valence-corrected chi connectivity index (χ2v) is 7.88. The van der Waals surface area contributed by atoms with Crippen molar-refractivity contribution in [2.45, 2.75) is 6.04 Å². The van der Waals surface area contributed by atoms with Gasteiger partial charge in [0.05, 0.1) is 0 Å². The Labute approximate surface area is 181 Å². The molecule has 0 saturated carbocycles. The van der Waals surface area contributed by atoms with Crippen LogP contribution in [0.3, 0.4) is 0 Å². The van der Waals surface area contributed by atoms with Crippen molar-refractivity contribution in [3.05, 3.63) is 78.6 Å². The van der Waals surface area contributed by atoms with Gasteiger partial charge in [-0.1, -0.05) is 18.2 Å². The number of hydrogen-bond acceptors (Lipinski definition) is 6. The molecule has 2 aliphatic rings. The van der Waals surface area contributed by atoms with Crippen molar-refractivity contribution in [1.82, 2.24) is 19.8 Å². The summed E-state index contributed by atoms with van der Waals surface area (Å²) in [5, 5.41) is 0. The molecule has 0 N–H and O–H groups in total. The van der Waals surface area contributed by atoms with Crippen molar-refractivity contribution in [3.63, 3.8) is 0 Å². The zero-order valence-corrected chi connectivity index (χ0v) is 17.3. The van der Waals surface area contributed by atoms with Crippen molar-refractivity contribution >= 4 is 11.9 Å². The van der Waals surface area contributed by atoms with Gasteiger partial charge >= 0.3 is 0 Å².